The highest BCUT2D eigenvalue weighted by molar-refractivity contribution is 5.48. The number of nitrogens with two attached hydrogens (primary N) is 1. The molecule has 0 aliphatic rings. The van der Waals surface area contributed by atoms with Crippen LogP contribution >= 0.6 is 0 Å². The quantitative estimate of drug-likeness (QED) is 0.869. The molecule has 5 heteroatoms. The van der Waals surface area contributed by atoms with Crippen molar-refractivity contribution in [3.8, 4) is 17.6 Å². The minimum atomic E-state index is -0.577. The maximum atomic E-state index is 13.7. The minimum absolute atomic E-state index is 0.0773. The fraction of sp³-hybridized carbons (Fsp3) is 0.133. The van der Waals surface area contributed by atoms with E-state index in [9.17, 15) is 4.39 Å². The molecule has 102 valence electrons. The van der Waals surface area contributed by atoms with E-state index < -0.39 is 5.82 Å². The fourth-order valence-electron chi connectivity index (χ4n) is 1.75. The Balaban J connectivity index is 2.17. The number of hydrogen-bond donors (Lipinski definition) is 1. The molecule has 0 radical (unpaired) electrons. The predicted octanol–water partition coefficient (Wildman–Crippen LogP) is 2.87. The van der Waals surface area contributed by atoms with Crippen molar-refractivity contribution in [3.05, 3.63) is 53.3 Å². The second kappa shape index (κ2) is 5.93. The molecule has 2 aromatic rings. The molecule has 2 N–H and O–H groups in total. The number of benzene rings is 2. The van der Waals surface area contributed by atoms with Gasteiger partial charge in [0.15, 0.2) is 11.6 Å². The Morgan fingerprint density at radius 1 is 1.20 bits per heavy atom. The second-order valence-electron chi connectivity index (χ2n) is 4.12. The van der Waals surface area contributed by atoms with Gasteiger partial charge in [0.2, 0.25) is 0 Å². The first-order chi connectivity index (χ1) is 9.63. The van der Waals surface area contributed by atoms with E-state index in [4.69, 9.17) is 20.5 Å². The van der Waals surface area contributed by atoms with Gasteiger partial charge in [0.1, 0.15) is 12.4 Å². The number of nitrogens with zero attached hydrogens (tertiary/aromatic N) is 1. The van der Waals surface area contributed by atoms with Gasteiger partial charge in [-0.3, -0.25) is 0 Å². The van der Waals surface area contributed by atoms with E-state index in [0.29, 0.717) is 11.4 Å². The van der Waals surface area contributed by atoms with Gasteiger partial charge in [-0.2, -0.15) is 5.26 Å². The Labute approximate surface area is 116 Å². The monoisotopic (exact) mass is 272 g/mol. The highest BCUT2D eigenvalue weighted by atomic mass is 19.1. The molecular weight excluding hydrogens is 259 g/mol. The smallest absolute Gasteiger partial charge is 0.166 e. The first-order valence-electron chi connectivity index (χ1n) is 5.89. The maximum Gasteiger partial charge on any atom is 0.166 e. The number of nitrogen functional groups attached to an aromatic ring is 1. The Hall–Kier alpha value is -2.74. The van der Waals surface area contributed by atoms with Crippen LogP contribution in [0, 0.1) is 17.1 Å². The first kappa shape index (κ1) is 13.7. The van der Waals surface area contributed by atoms with Gasteiger partial charge in [-0.1, -0.05) is 0 Å². The van der Waals surface area contributed by atoms with Crippen molar-refractivity contribution < 1.29 is 13.9 Å². The normalized spacial score (nSPS) is 9.85. The summed E-state index contributed by atoms with van der Waals surface area (Å²) in [6.07, 6.45) is 0. The summed E-state index contributed by atoms with van der Waals surface area (Å²) in [4.78, 5) is 0. The topological polar surface area (TPSA) is 68.3 Å². The van der Waals surface area contributed by atoms with Gasteiger partial charge in [0.25, 0.3) is 0 Å². The van der Waals surface area contributed by atoms with Crippen molar-refractivity contribution in [2.45, 2.75) is 6.61 Å². The number of ether oxygens (including phenoxy) is 2. The van der Waals surface area contributed by atoms with Crippen LogP contribution in [0.15, 0.2) is 36.4 Å². The lowest BCUT2D eigenvalue weighted by Gasteiger charge is -2.11. The SMILES string of the molecule is COc1ccc(N)cc1COc1ccc(C#N)cc1F. The number of rotatable bonds is 4. The third-order valence-corrected chi connectivity index (χ3v) is 2.75. The van der Waals surface area contributed by atoms with E-state index in [-0.39, 0.29) is 17.9 Å². The molecule has 0 bridgehead atoms. The van der Waals surface area contributed by atoms with E-state index >= 15 is 0 Å². The van der Waals surface area contributed by atoms with Gasteiger partial charge in [0.05, 0.1) is 18.7 Å². The van der Waals surface area contributed by atoms with Gasteiger partial charge in [-0.25, -0.2) is 4.39 Å². The van der Waals surface area contributed by atoms with Gasteiger partial charge in [-0.15, -0.1) is 0 Å². The Morgan fingerprint density at radius 3 is 2.60 bits per heavy atom. The number of halogens is 1. The summed E-state index contributed by atoms with van der Waals surface area (Å²) >= 11 is 0. The van der Waals surface area contributed by atoms with E-state index in [1.165, 1.54) is 19.2 Å². The molecule has 20 heavy (non-hydrogen) atoms. The van der Waals surface area contributed by atoms with Crippen LogP contribution in [-0.2, 0) is 6.61 Å². The van der Waals surface area contributed by atoms with Crippen LogP contribution in [0.25, 0.3) is 0 Å². The first-order valence-corrected chi connectivity index (χ1v) is 5.89. The largest absolute Gasteiger partial charge is 0.496 e. The summed E-state index contributed by atoms with van der Waals surface area (Å²) in [5, 5.41) is 8.67. The molecule has 0 atom stereocenters. The van der Waals surface area contributed by atoms with E-state index in [2.05, 4.69) is 0 Å². The molecule has 0 heterocycles. The van der Waals surface area contributed by atoms with Crippen molar-refractivity contribution in [1.29, 1.82) is 5.26 Å². The molecule has 0 aromatic heterocycles. The number of methoxy groups -OCH3 is 1. The molecule has 0 amide bonds. The standard InChI is InChI=1S/C15H13FN2O2/c1-19-14-5-3-12(18)7-11(14)9-20-15-4-2-10(8-17)6-13(15)16/h2-7H,9,18H2,1H3. The molecule has 2 aromatic carbocycles. The Bertz CT molecular complexity index is 665. The van der Waals surface area contributed by atoms with Crippen LogP contribution in [0.3, 0.4) is 0 Å². The van der Waals surface area contributed by atoms with E-state index in [0.717, 1.165) is 11.6 Å². The highest BCUT2D eigenvalue weighted by Crippen LogP contribution is 2.24. The Morgan fingerprint density at radius 2 is 1.95 bits per heavy atom. The minimum Gasteiger partial charge on any atom is -0.496 e. The van der Waals surface area contributed by atoms with Crippen molar-refractivity contribution in [1.82, 2.24) is 0 Å². The van der Waals surface area contributed by atoms with Gasteiger partial charge >= 0.3 is 0 Å². The zero-order valence-electron chi connectivity index (χ0n) is 10.9. The number of anilines is 1. The lowest BCUT2D eigenvalue weighted by atomic mass is 10.2. The average molecular weight is 272 g/mol. The lowest BCUT2D eigenvalue weighted by molar-refractivity contribution is 0.282. The summed E-state index contributed by atoms with van der Waals surface area (Å²) in [6, 6.07) is 11.1. The molecule has 4 nitrogen and oxygen atoms in total. The van der Waals surface area contributed by atoms with Crippen LogP contribution in [0.1, 0.15) is 11.1 Å². The molecule has 0 unspecified atom stereocenters. The Kier molecular flexibility index (Phi) is 4.06. The predicted molar refractivity (Wildman–Crippen MR) is 72.9 cm³/mol. The molecule has 0 saturated heterocycles. The molecule has 0 fully saturated rings. The van der Waals surface area contributed by atoms with Crippen LogP contribution in [0.5, 0.6) is 11.5 Å². The molecule has 0 spiro atoms. The van der Waals surface area contributed by atoms with Crippen molar-refractivity contribution in [3.63, 3.8) is 0 Å². The van der Waals surface area contributed by atoms with Crippen LogP contribution < -0.4 is 15.2 Å². The van der Waals surface area contributed by atoms with Crippen LogP contribution in [0.2, 0.25) is 0 Å². The zero-order valence-corrected chi connectivity index (χ0v) is 10.9. The third-order valence-electron chi connectivity index (χ3n) is 2.75. The van der Waals surface area contributed by atoms with Gasteiger partial charge in [0, 0.05) is 11.3 Å². The number of hydrogen-bond acceptors (Lipinski definition) is 4. The van der Waals surface area contributed by atoms with E-state index in [1.807, 2.05) is 6.07 Å². The van der Waals surface area contributed by atoms with Crippen molar-refractivity contribution in [2.75, 3.05) is 12.8 Å². The molecule has 0 aliphatic heterocycles. The van der Waals surface area contributed by atoms with Crippen molar-refractivity contribution >= 4 is 5.69 Å². The maximum absolute atomic E-state index is 13.7. The van der Waals surface area contributed by atoms with Crippen molar-refractivity contribution in [2.24, 2.45) is 0 Å². The zero-order chi connectivity index (χ0) is 14.5. The summed E-state index contributed by atoms with van der Waals surface area (Å²) < 4.78 is 24.3. The van der Waals surface area contributed by atoms with Gasteiger partial charge in [-0.05, 0) is 36.4 Å². The average Bonchev–Trinajstić information content (AvgIpc) is 2.46. The fourth-order valence-corrected chi connectivity index (χ4v) is 1.75. The second-order valence-corrected chi connectivity index (χ2v) is 4.12. The molecular formula is C15H13FN2O2. The summed E-state index contributed by atoms with van der Waals surface area (Å²) in [7, 11) is 1.54. The van der Waals surface area contributed by atoms with E-state index in [1.54, 1.807) is 18.2 Å². The van der Waals surface area contributed by atoms with Crippen LogP contribution in [-0.4, -0.2) is 7.11 Å². The molecule has 0 aliphatic carbocycles. The van der Waals surface area contributed by atoms with Gasteiger partial charge < -0.3 is 15.2 Å². The lowest BCUT2D eigenvalue weighted by Crippen LogP contribution is -2.01. The summed E-state index contributed by atoms with van der Waals surface area (Å²) in [5.41, 5.74) is 7.24. The highest BCUT2D eigenvalue weighted by Gasteiger charge is 2.08. The summed E-state index contributed by atoms with van der Waals surface area (Å²) in [6.45, 7) is 0.122. The van der Waals surface area contributed by atoms with Crippen LogP contribution in [0.4, 0.5) is 10.1 Å². The molecule has 0 saturated carbocycles. The third kappa shape index (κ3) is 2.98. The number of nitriles is 1. The molecule has 2 rings (SSSR count). The summed E-state index contributed by atoms with van der Waals surface area (Å²) in [5.74, 6) is 0.119.